The van der Waals surface area contributed by atoms with E-state index in [9.17, 15) is 34.1 Å². The van der Waals surface area contributed by atoms with Crippen LogP contribution in [0, 0.1) is 0 Å². The Labute approximate surface area is 361 Å². The van der Waals surface area contributed by atoms with Crippen molar-refractivity contribution in [2.45, 2.75) is 264 Å². The van der Waals surface area contributed by atoms with Crippen LogP contribution >= 0.6 is 7.82 Å². The third-order valence-corrected chi connectivity index (χ3v) is 12.1. The Balaban J connectivity index is 3.72. The summed E-state index contributed by atoms with van der Waals surface area (Å²) < 4.78 is 26.9. The van der Waals surface area contributed by atoms with Crippen LogP contribution in [0.4, 0.5) is 0 Å². The lowest BCUT2D eigenvalue weighted by atomic mass is 10.0. The highest BCUT2D eigenvalue weighted by atomic mass is 31.2. The number of carboxylic acid groups (broad SMARTS) is 1. The largest absolute Gasteiger partial charge is 0.480 e. The first-order valence-corrected chi connectivity index (χ1v) is 26.1. The van der Waals surface area contributed by atoms with E-state index in [1.54, 1.807) is 0 Å². The monoisotopic (exact) mass is 862 g/mol. The molecule has 11 nitrogen and oxygen atoms in total. The first-order valence-electron chi connectivity index (χ1n) is 24.6. The summed E-state index contributed by atoms with van der Waals surface area (Å²) in [5, 5.41) is 21.8. The van der Waals surface area contributed by atoms with Gasteiger partial charge in [0.05, 0.1) is 13.2 Å². The highest BCUT2D eigenvalue weighted by molar-refractivity contribution is 7.47. The summed E-state index contributed by atoms with van der Waals surface area (Å²) in [6.45, 7) is 2.62. The van der Waals surface area contributed by atoms with Gasteiger partial charge in [0.15, 0.2) is 6.04 Å². The van der Waals surface area contributed by atoms with Crippen LogP contribution in [0.1, 0.15) is 251 Å². The van der Waals surface area contributed by atoms with Crippen molar-refractivity contribution < 1.29 is 47.8 Å². The zero-order chi connectivity index (χ0) is 43.5. The SMILES string of the molecule is CCCCCCCCCCCCCCCCCCCCCCCCCCC(=O)OCC(O)COP(=O)(O)OCC(NC(=O)CCCCCCCCCCCCC)C(=O)O. The van der Waals surface area contributed by atoms with Crippen molar-refractivity contribution in [3.63, 3.8) is 0 Å². The summed E-state index contributed by atoms with van der Waals surface area (Å²) in [6.07, 6.45) is 42.9. The standard InChI is InChI=1S/C47H92NO10P/c1-3-5-7-9-11-13-15-16-17-18-19-20-21-22-23-24-25-26-27-29-31-33-35-37-39-46(51)56-40-43(49)41-57-59(54,55)58-42-44(47(52)53)48-45(50)38-36-34-32-30-28-14-12-10-8-6-4-2/h43-44,49H,3-42H2,1-2H3,(H,48,50)(H,52,53)(H,54,55). The van der Waals surface area contributed by atoms with Gasteiger partial charge in [-0.05, 0) is 12.8 Å². The van der Waals surface area contributed by atoms with Crippen LogP contribution < -0.4 is 5.32 Å². The number of rotatable bonds is 47. The summed E-state index contributed by atoms with van der Waals surface area (Å²) in [5.41, 5.74) is 0. The van der Waals surface area contributed by atoms with E-state index in [2.05, 4.69) is 19.2 Å². The van der Waals surface area contributed by atoms with E-state index in [0.29, 0.717) is 12.8 Å². The first kappa shape index (κ1) is 57.5. The maximum atomic E-state index is 12.3. The maximum Gasteiger partial charge on any atom is 0.472 e. The molecule has 12 heteroatoms. The van der Waals surface area contributed by atoms with Crippen molar-refractivity contribution in [2.24, 2.45) is 0 Å². The molecule has 0 saturated carbocycles. The Morgan fingerprint density at radius 1 is 0.475 bits per heavy atom. The van der Waals surface area contributed by atoms with E-state index in [0.717, 1.165) is 38.5 Å². The van der Waals surface area contributed by atoms with Crippen LogP contribution in [0.25, 0.3) is 0 Å². The average molecular weight is 862 g/mol. The molecule has 0 spiro atoms. The van der Waals surface area contributed by atoms with Crippen LogP contribution in [0.5, 0.6) is 0 Å². The fourth-order valence-electron chi connectivity index (χ4n) is 7.32. The van der Waals surface area contributed by atoms with Crippen molar-refractivity contribution in [2.75, 3.05) is 19.8 Å². The molecule has 0 heterocycles. The third kappa shape index (κ3) is 42.9. The molecule has 4 N–H and O–H groups in total. The smallest absolute Gasteiger partial charge is 0.472 e. The number of phosphoric ester groups is 1. The molecule has 3 unspecified atom stereocenters. The molecule has 3 atom stereocenters. The van der Waals surface area contributed by atoms with Gasteiger partial charge in [-0.2, -0.15) is 0 Å². The van der Waals surface area contributed by atoms with E-state index in [1.165, 1.54) is 173 Å². The summed E-state index contributed by atoms with van der Waals surface area (Å²) >= 11 is 0. The normalized spacial score (nSPS) is 13.6. The number of carboxylic acids is 1. The van der Waals surface area contributed by atoms with Gasteiger partial charge in [-0.15, -0.1) is 0 Å². The Morgan fingerprint density at radius 3 is 1.12 bits per heavy atom. The molecule has 0 aliphatic rings. The van der Waals surface area contributed by atoms with Gasteiger partial charge >= 0.3 is 19.8 Å². The number of unbranched alkanes of at least 4 members (excludes halogenated alkanes) is 33. The highest BCUT2D eigenvalue weighted by Gasteiger charge is 2.28. The molecule has 1 amide bonds. The summed E-state index contributed by atoms with van der Waals surface area (Å²) in [5.74, 6) is -2.35. The second-order valence-electron chi connectivity index (χ2n) is 17.0. The number of esters is 1. The van der Waals surface area contributed by atoms with Crippen molar-refractivity contribution in [1.29, 1.82) is 0 Å². The molecule has 0 aliphatic heterocycles. The minimum absolute atomic E-state index is 0.151. The zero-order valence-corrected chi connectivity index (χ0v) is 39.0. The molecule has 0 aliphatic carbocycles. The van der Waals surface area contributed by atoms with E-state index >= 15 is 0 Å². The number of nitrogens with one attached hydrogen (secondary N) is 1. The molecule has 0 aromatic heterocycles. The third-order valence-electron chi connectivity index (χ3n) is 11.1. The number of phosphoric acid groups is 1. The maximum absolute atomic E-state index is 12.3. The lowest BCUT2D eigenvalue weighted by molar-refractivity contribution is -0.147. The Bertz CT molecular complexity index is 1020. The Kier molecular flexibility index (Phi) is 42.0. The number of hydrogen-bond acceptors (Lipinski definition) is 8. The molecule has 0 rings (SSSR count). The zero-order valence-electron chi connectivity index (χ0n) is 38.1. The summed E-state index contributed by atoms with van der Waals surface area (Å²) in [4.78, 5) is 45.9. The minimum Gasteiger partial charge on any atom is -0.480 e. The lowest BCUT2D eigenvalue weighted by Gasteiger charge is -2.18. The quantitative estimate of drug-likeness (QED) is 0.0262. The van der Waals surface area contributed by atoms with Crippen molar-refractivity contribution in [3.8, 4) is 0 Å². The molecule has 59 heavy (non-hydrogen) atoms. The van der Waals surface area contributed by atoms with Crippen molar-refractivity contribution in [3.05, 3.63) is 0 Å². The molecule has 0 aromatic rings. The Hall–Kier alpha value is -1.52. The van der Waals surface area contributed by atoms with Crippen LogP contribution in [0.3, 0.4) is 0 Å². The molecule has 0 radical (unpaired) electrons. The van der Waals surface area contributed by atoms with Crippen molar-refractivity contribution >= 4 is 25.7 Å². The van der Waals surface area contributed by atoms with Crippen molar-refractivity contribution in [1.82, 2.24) is 5.32 Å². The van der Waals surface area contributed by atoms with Crippen LogP contribution in [0.2, 0.25) is 0 Å². The van der Waals surface area contributed by atoms with E-state index in [-0.39, 0.29) is 12.8 Å². The molecular weight excluding hydrogens is 769 g/mol. The summed E-state index contributed by atoms with van der Waals surface area (Å²) in [6, 6.07) is -1.54. The lowest BCUT2D eigenvalue weighted by Crippen LogP contribution is -2.43. The molecular formula is C47H92NO10P. The van der Waals surface area contributed by atoms with Crippen LogP contribution in [-0.4, -0.2) is 64.9 Å². The molecule has 0 bridgehead atoms. The second-order valence-corrected chi connectivity index (χ2v) is 18.5. The number of aliphatic hydroxyl groups excluding tert-OH is 1. The molecule has 0 aromatic carbocycles. The molecule has 0 fully saturated rings. The number of aliphatic hydroxyl groups is 1. The van der Waals surface area contributed by atoms with Gasteiger partial charge in [-0.25, -0.2) is 9.36 Å². The van der Waals surface area contributed by atoms with Crippen LogP contribution in [-0.2, 0) is 32.7 Å². The predicted molar refractivity (Wildman–Crippen MR) is 240 cm³/mol. The van der Waals surface area contributed by atoms with E-state index in [1.807, 2.05) is 0 Å². The fourth-order valence-corrected chi connectivity index (χ4v) is 8.09. The van der Waals surface area contributed by atoms with Gasteiger partial charge < -0.3 is 25.2 Å². The number of carbonyl (C=O) groups excluding carboxylic acids is 2. The highest BCUT2D eigenvalue weighted by Crippen LogP contribution is 2.43. The number of amides is 1. The van der Waals surface area contributed by atoms with Gasteiger partial charge in [-0.1, -0.05) is 226 Å². The van der Waals surface area contributed by atoms with Gasteiger partial charge in [0.1, 0.15) is 12.7 Å². The minimum atomic E-state index is -4.75. The van der Waals surface area contributed by atoms with Crippen LogP contribution in [0.15, 0.2) is 0 Å². The van der Waals surface area contributed by atoms with E-state index < -0.39 is 57.6 Å². The van der Waals surface area contributed by atoms with Gasteiger partial charge in [0, 0.05) is 12.8 Å². The van der Waals surface area contributed by atoms with E-state index in [4.69, 9.17) is 13.8 Å². The number of aliphatic carboxylic acids is 1. The second kappa shape index (κ2) is 43.1. The topological polar surface area (TPSA) is 169 Å². The average Bonchev–Trinajstić information content (AvgIpc) is 3.21. The fraction of sp³-hybridized carbons (Fsp3) is 0.936. The number of ether oxygens (including phenoxy) is 1. The first-order chi connectivity index (χ1) is 28.6. The van der Waals surface area contributed by atoms with Gasteiger partial charge in [0.25, 0.3) is 0 Å². The summed E-state index contributed by atoms with van der Waals surface area (Å²) in [7, 11) is -4.75. The van der Waals surface area contributed by atoms with Gasteiger partial charge in [0.2, 0.25) is 5.91 Å². The predicted octanol–water partition coefficient (Wildman–Crippen LogP) is 13.1. The Morgan fingerprint density at radius 2 is 0.780 bits per heavy atom. The molecule has 350 valence electrons. The number of hydrogen-bond donors (Lipinski definition) is 4. The number of carbonyl (C=O) groups is 3. The molecule has 0 saturated heterocycles. The van der Waals surface area contributed by atoms with Gasteiger partial charge in [-0.3, -0.25) is 18.6 Å².